The molecule has 0 saturated heterocycles. The van der Waals surface area contributed by atoms with E-state index in [-0.39, 0.29) is 15.4 Å². The Morgan fingerprint density at radius 2 is 2.44 bits per heavy atom. The van der Waals surface area contributed by atoms with Crippen LogP contribution in [0.1, 0.15) is 15.6 Å². The SMILES string of the molecule is O=C(NCCc1ncc[nH]1)c1nnc(Cl)s1. The maximum Gasteiger partial charge on any atom is 0.282 e. The van der Waals surface area contributed by atoms with Crippen LogP contribution in [0.3, 0.4) is 0 Å². The molecule has 8 heteroatoms. The number of carbonyl (C=O) groups excluding carboxylic acids is 1. The lowest BCUT2D eigenvalue weighted by atomic mass is 10.4. The number of hydrogen-bond acceptors (Lipinski definition) is 5. The van der Waals surface area contributed by atoms with E-state index in [0.717, 1.165) is 17.2 Å². The zero-order valence-corrected chi connectivity index (χ0v) is 9.68. The van der Waals surface area contributed by atoms with Crippen molar-refractivity contribution in [1.29, 1.82) is 0 Å². The number of aromatic nitrogens is 4. The van der Waals surface area contributed by atoms with Gasteiger partial charge in [-0.15, -0.1) is 10.2 Å². The largest absolute Gasteiger partial charge is 0.349 e. The van der Waals surface area contributed by atoms with Crippen LogP contribution in [0.15, 0.2) is 12.4 Å². The molecular formula is C8H8ClN5OS. The van der Waals surface area contributed by atoms with E-state index < -0.39 is 0 Å². The topological polar surface area (TPSA) is 83.6 Å². The Morgan fingerprint density at radius 1 is 1.56 bits per heavy atom. The molecule has 0 spiro atoms. The van der Waals surface area contributed by atoms with Crippen molar-refractivity contribution in [2.24, 2.45) is 0 Å². The summed E-state index contributed by atoms with van der Waals surface area (Å²) >= 11 is 6.62. The monoisotopic (exact) mass is 257 g/mol. The Kier molecular flexibility index (Phi) is 3.47. The molecule has 0 aliphatic carbocycles. The highest BCUT2D eigenvalue weighted by Gasteiger charge is 2.10. The molecule has 0 aromatic carbocycles. The van der Waals surface area contributed by atoms with Gasteiger partial charge in [0.15, 0.2) is 0 Å². The van der Waals surface area contributed by atoms with Crippen molar-refractivity contribution >= 4 is 28.8 Å². The molecular weight excluding hydrogens is 250 g/mol. The van der Waals surface area contributed by atoms with E-state index in [2.05, 4.69) is 25.5 Å². The average molecular weight is 258 g/mol. The summed E-state index contributed by atoms with van der Waals surface area (Å²) in [5.41, 5.74) is 0. The second-order valence-electron chi connectivity index (χ2n) is 2.90. The number of amides is 1. The van der Waals surface area contributed by atoms with Gasteiger partial charge in [-0.05, 0) is 11.6 Å². The van der Waals surface area contributed by atoms with E-state index in [1.165, 1.54) is 0 Å². The minimum Gasteiger partial charge on any atom is -0.349 e. The summed E-state index contributed by atoms with van der Waals surface area (Å²) in [5, 5.41) is 10.2. The van der Waals surface area contributed by atoms with Crippen molar-refractivity contribution in [1.82, 2.24) is 25.5 Å². The van der Waals surface area contributed by atoms with E-state index in [0.29, 0.717) is 13.0 Å². The Hall–Kier alpha value is -1.47. The first-order chi connectivity index (χ1) is 7.75. The summed E-state index contributed by atoms with van der Waals surface area (Å²) in [4.78, 5) is 18.5. The molecule has 0 atom stereocenters. The number of nitrogens with one attached hydrogen (secondary N) is 2. The lowest BCUT2D eigenvalue weighted by Gasteiger charge is -1.99. The highest BCUT2D eigenvalue weighted by molar-refractivity contribution is 7.17. The molecule has 0 aliphatic heterocycles. The molecule has 1 amide bonds. The molecule has 2 aromatic rings. The van der Waals surface area contributed by atoms with Crippen molar-refractivity contribution < 1.29 is 4.79 Å². The molecule has 2 N–H and O–H groups in total. The third-order valence-electron chi connectivity index (χ3n) is 1.80. The van der Waals surface area contributed by atoms with Crippen LogP contribution in [0.2, 0.25) is 4.47 Å². The highest BCUT2D eigenvalue weighted by Crippen LogP contribution is 2.14. The summed E-state index contributed by atoms with van der Waals surface area (Å²) in [7, 11) is 0. The van der Waals surface area contributed by atoms with Gasteiger partial charge in [-0.2, -0.15) is 0 Å². The quantitative estimate of drug-likeness (QED) is 0.852. The minimum atomic E-state index is -0.268. The maximum atomic E-state index is 11.5. The zero-order valence-electron chi connectivity index (χ0n) is 8.11. The van der Waals surface area contributed by atoms with Crippen LogP contribution in [0, 0.1) is 0 Å². The van der Waals surface area contributed by atoms with Gasteiger partial charge in [-0.25, -0.2) is 4.98 Å². The van der Waals surface area contributed by atoms with Gasteiger partial charge < -0.3 is 10.3 Å². The molecule has 0 radical (unpaired) electrons. The third-order valence-corrected chi connectivity index (χ3v) is 2.81. The second-order valence-corrected chi connectivity index (χ2v) is 4.46. The molecule has 0 unspecified atom stereocenters. The van der Waals surface area contributed by atoms with E-state index in [1.54, 1.807) is 12.4 Å². The smallest absolute Gasteiger partial charge is 0.282 e. The van der Waals surface area contributed by atoms with E-state index in [1.807, 2.05) is 0 Å². The fraction of sp³-hybridized carbons (Fsp3) is 0.250. The standard InChI is InChI=1S/C8H8ClN5OS/c9-8-14-13-7(16-8)6(15)12-2-1-5-10-3-4-11-5/h3-4H,1-2H2,(H,10,11)(H,12,15). The summed E-state index contributed by atoms with van der Waals surface area (Å²) in [6.07, 6.45) is 4.05. The Bertz CT molecular complexity index is 468. The molecule has 0 bridgehead atoms. The summed E-state index contributed by atoms with van der Waals surface area (Å²) in [6.45, 7) is 0.490. The fourth-order valence-corrected chi connectivity index (χ4v) is 1.85. The molecule has 0 saturated carbocycles. The first kappa shape index (κ1) is 11.0. The van der Waals surface area contributed by atoms with Crippen LogP contribution in [0.5, 0.6) is 0 Å². The van der Waals surface area contributed by atoms with Gasteiger partial charge in [0, 0.05) is 25.4 Å². The van der Waals surface area contributed by atoms with Crippen LogP contribution >= 0.6 is 22.9 Å². The van der Waals surface area contributed by atoms with Crippen LogP contribution < -0.4 is 5.32 Å². The Morgan fingerprint density at radius 3 is 3.06 bits per heavy atom. The molecule has 6 nitrogen and oxygen atoms in total. The lowest BCUT2D eigenvalue weighted by Crippen LogP contribution is -2.25. The van der Waals surface area contributed by atoms with Gasteiger partial charge >= 0.3 is 0 Å². The lowest BCUT2D eigenvalue weighted by molar-refractivity contribution is 0.0953. The van der Waals surface area contributed by atoms with E-state index in [9.17, 15) is 4.79 Å². The van der Waals surface area contributed by atoms with Gasteiger partial charge in [0.2, 0.25) is 9.47 Å². The van der Waals surface area contributed by atoms with Crippen LogP contribution in [-0.4, -0.2) is 32.6 Å². The first-order valence-corrected chi connectivity index (χ1v) is 5.70. The maximum absolute atomic E-state index is 11.5. The Labute approximate surface area is 100 Å². The summed E-state index contributed by atoms with van der Waals surface area (Å²) < 4.78 is 0.260. The van der Waals surface area contributed by atoms with Crippen LogP contribution in [0.25, 0.3) is 0 Å². The van der Waals surface area contributed by atoms with Crippen molar-refractivity contribution in [3.05, 3.63) is 27.7 Å². The van der Waals surface area contributed by atoms with Crippen molar-refractivity contribution in [3.63, 3.8) is 0 Å². The fourth-order valence-electron chi connectivity index (χ4n) is 1.10. The third kappa shape index (κ3) is 2.77. The summed E-state index contributed by atoms with van der Waals surface area (Å²) in [6, 6.07) is 0. The predicted octanol–water partition coefficient (Wildman–Crippen LogP) is 0.887. The number of aromatic amines is 1. The number of rotatable bonds is 4. The number of carbonyl (C=O) groups is 1. The van der Waals surface area contributed by atoms with Crippen LogP contribution in [0.4, 0.5) is 0 Å². The molecule has 0 fully saturated rings. The average Bonchev–Trinajstić information content (AvgIpc) is 2.89. The highest BCUT2D eigenvalue weighted by atomic mass is 35.5. The van der Waals surface area contributed by atoms with E-state index in [4.69, 9.17) is 11.6 Å². The molecule has 0 aliphatic rings. The number of hydrogen-bond donors (Lipinski definition) is 2. The minimum absolute atomic E-state index is 0.260. The number of imidazole rings is 1. The zero-order chi connectivity index (χ0) is 11.4. The Balaban J connectivity index is 1.80. The van der Waals surface area contributed by atoms with Gasteiger partial charge in [-0.3, -0.25) is 4.79 Å². The van der Waals surface area contributed by atoms with E-state index >= 15 is 0 Å². The van der Waals surface area contributed by atoms with Crippen LogP contribution in [-0.2, 0) is 6.42 Å². The number of nitrogens with zero attached hydrogens (tertiary/aromatic N) is 3. The van der Waals surface area contributed by atoms with Crippen molar-refractivity contribution in [2.45, 2.75) is 6.42 Å². The first-order valence-electron chi connectivity index (χ1n) is 4.51. The van der Waals surface area contributed by atoms with Crippen molar-refractivity contribution in [3.8, 4) is 0 Å². The van der Waals surface area contributed by atoms with Crippen molar-refractivity contribution in [2.75, 3.05) is 6.54 Å². The van der Waals surface area contributed by atoms with Gasteiger partial charge in [0.1, 0.15) is 5.82 Å². The number of halogens is 1. The second kappa shape index (κ2) is 5.04. The molecule has 2 rings (SSSR count). The molecule has 16 heavy (non-hydrogen) atoms. The van der Waals surface area contributed by atoms with Gasteiger partial charge in [-0.1, -0.05) is 11.3 Å². The normalized spacial score (nSPS) is 10.3. The van der Waals surface area contributed by atoms with Gasteiger partial charge in [0.05, 0.1) is 0 Å². The predicted molar refractivity (Wildman–Crippen MR) is 59.5 cm³/mol. The molecule has 2 heterocycles. The summed E-state index contributed by atoms with van der Waals surface area (Å²) in [5.74, 6) is 0.562. The molecule has 2 aromatic heterocycles. The molecule has 84 valence electrons. The number of H-pyrrole nitrogens is 1. The van der Waals surface area contributed by atoms with Gasteiger partial charge in [0.25, 0.3) is 5.91 Å².